The normalized spacial score (nSPS) is 11.0. The van der Waals surface area contributed by atoms with Crippen molar-refractivity contribution in [2.75, 3.05) is 0 Å². The zero-order valence-corrected chi connectivity index (χ0v) is 12.9. The Morgan fingerprint density at radius 2 is 1.86 bits per heavy atom. The number of hydrogen-bond donors (Lipinski definition) is 0. The highest BCUT2D eigenvalue weighted by Gasteiger charge is 2.11. The van der Waals surface area contributed by atoms with Gasteiger partial charge in [-0.15, -0.1) is 0 Å². The lowest BCUT2D eigenvalue weighted by Gasteiger charge is -2.14. The summed E-state index contributed by atoms with van der Waals surface area (Å²) in [6.07, 6.45) is 0. The maximum absolute atomic E-state index is 12.8. The van der Waals surface area contributed by atoms with Gasteiger partial charge in [0.2, 0.25) is 0 Å². The Kier molecular flexibility index (Phi) is 3.47. The molecule has 3 nitrogen and oxygen atoms in total. The highest BCUT2D eigenvalue weighted by molar-refractivity contribution is 7.71. The van der Waals surface area contributed by atoms with Crippen LogP contribution in [0.3, 0.4) is 0 Å². The van der Waals surface area contributed by atoms with Crippen LogP contribution in [0.25, 0.3) is 16.6 Å². The van der Waals surface area contributed by atoms with Crippen LogP contribution in [-0.2, 0) is 6.54 Å². The third-order valence-corrected chi connectivity index (χ3v) is 4.06. The minimum atomic E-state index is -0.0909. The molecule has 21 heavy (non-hydrogen) atoms. The van der Waals surface area contributed by atoms with Gasteiger partial charge in [-0.25, -0.2) is 4.79 Å². The summed E-state index contributed by atoms with van der Waals surface area (Å²) >= 11 is 5.47. The first-order valence-electron chi connectivity index (χ1n) is 6.95. The molecule has 0 N–H and O–H groups in total. The van der Waals surface area contributed by atoms with Gasteiger partial charge in [-0.05, 0) is 43.7 Å². The topological polar surface area (TPSA) is 26.9 Å². The first-order valence-corrected chi connectivity index (χ1v) is 7.36. The summed E-state index contributed by atoms with van der Waals surface area (Å²) in [7, 11) is 0. The molecule has 0 saturated heterocycles. The molecule has 3 rings (SSSR count). The van der Waals surface area contributed by atoms with Crippen molar-refractivity contribution < 1.29 is 0 Å². The van der Waals surface area contributed by atoms with Crippen LogP contribution in [0.15, 0.2) is 53.3 Å². The van der Waals surface area contributed by atoms with Crippen molar-refractivity contribution >= 4 is 23.1 Å². The predicted octanol–water partition coefficient (Wildman–Crippen LogP) is 3.85. The van der Waals surface area contributed by atoms with Gasteiger partial charge in [-0.3, -0.25) is 9.13 Å². The molecule has 0 aliphatic rings. The van der Waals surface area contributed by atoms with Gasteiger partial charge in [0, 0.05) is 11.9 Å². The summed E-state index contributed by atoms with van der Waals surface area (Å²) in [5.41, 5.74) is 2.75. The zero-order valence-electron chi connectivity index (χ0n) is 12.0. The quantitative estimate of drug-likeness (QED) is 0.672. The van der Waals surface area contributed by atoms with Gasteiger partial charge < -0.3 is 0 Å². The van der Waals surface area contributed by atoms with E-state index in [1.165, 1.54) is 0 Å². The molecule has 0 radical (unpaired) electrons. The van der Waals surface area contributed by atoms with Crippen molar-refractivity contribution in [3.05, 3.63) is 69.2 Å². The van der Waals surface area contributed by atoms with E-state index >= 15 is 0 Å². The van der Waals surface area contributed by atoms with Crippen molar-refractivity contribution in [3.8, 4) is 5.69 Å². The maximum atomic E-state index is 12.8. The van der Waals surface area contributed by atoms with E-state index in [-0.39, 0.29) is 5.69 Å². The van der Waals surface area contributed by atoms with Gasteiger partial charge in [-0.2, -0.15) is 0 Å². The van der Waals surface area contributed by atoms with Gasteiger partial charge in [0.25, 0.3) is 0 Å². The molecule has 0 fully saturated rings. The third-order valence-electron chi connectivity index (χ3n) is 3.62. The summed E-state index contributed by atoms with van der Waals surface area (Å²) in [6, 6.07) is 15.7. The number of benzene rings is 2. The van der Waals surface area contributed by atoms with E-state index < -0.39 is 0 Å². The highest BCUT2D eigenvalue weighted by Crippen LogP contribution is 2.18. The second-order valence-corrected chi connectivity index (χ2v) is 5.41. The third kappa shape index (κ3) is 2.21. The first kappa shape index (κ1) is 13.8. The molecule has 0 bridgehead atoms. The fourth-order valence-electron chi connectivity index (χ4n) is 2.60. The summed E-state index contributed by atoms with van der Waals surface area (Å²) in [4.78, 5) is 12.8. The first-order chi connectivity index (χ1) is 10.1. The Morgan fingerprint density at radius 3 is 2.57 bits per heavy atom. The molecule has 106 valence electrons. The summed E-state index contributed by atoms with van der Waals surface area (Å²) < 4.78 is 3.98. The molecule has 0 spiro atoms. The number of para-hydroxylation sites is 1. The van der Waals surface area contributed by atoms with Crippen molar-refractivity contribution in [1.82, 2.24) is 9.13 Å². The van der Waals surface area contributed by atoms with Gasteiger partial charge in [0.15, 0.2) is 0 Å². The van der Waals surface area contributed by atoms with Crippen LogP contribution in [0.4, 0.5) is 0 Å². The highest BCUT2D eigenvalue weighted by atomic mass is 32.1. The molecule has 2 aromatic carbocycles. The van der Waals surface area contributed by atoms with E-state index in [0.717, 1.165) is 22.2 Å². The monoisotopic (exact) mass is 296 g/mol. The summed E-state index contributed by atoms with van der Waals surface area (Å²) in [6.45, 7) is 4.52. The SMILES string of the molecule is CCn1c(=S)c2ccccc2n(-c2cccc(C)c2)c1=O. The average molecular weight is 296 g/mol. The molecular weight excluding hydrogens is 280 g/mol. The minimum Gasteiger partial charge on any atom is -0.284 e. The Bertz CT molecular complexity index is 937. The Morgan fingerprint density at radius 1 is 1.10 bits per heavy atom. The standard InChI is InChI=1S/C17H16N2OS/c1-3-18-16(21)14-9-4-5-10-15(14)19(17(18)20)13-8-6-7-12(2)11-13/h4-11H,3H2,1-2H3. The van der Waals surface area contributed by atoms with E-state index in [2.05, 4.69) is 0 Å². The Labute approximate surface area is 128 Å². The fraction of sp³-hybridized carbons (Fsp3) is 0.176. The van der Waals surface area contributed by atoms with Crippen LogP contribution in [0.1, 0.15) is 12.5 Å². The van der Waals surface area contributed by atoms with Gasteiger partial charge >= 0.3 is 5.69 Å². The zero-order chi connectivity index (χ0) is 15.0. The molecule has 0 unspecified atom stereocenters. The molecule has 3 aromatic rings. The van der Waals surface area contributed by atoms with Gasteiger partial charge in [0.1, 0.15) is 4.64 Å². The van der Waals surface area contributed by atoms with Crippen LogP contribution in [0.5, 0.6) is 0 Å². The molecule has 1 heterocycles. The van der Waals surface area contributed by atoms with Crippen LogP contribution in [0.2, 0.25) is 0 Å². The van der Waals surface area contributed by atoms with Crippen molar-refractivity contribution in [2.45, 2.75) is 20.4 Å². The maximum Gasteiger partial charge on any atom is 0.334 e. The molecule has 4 heteroatoms. The molecule has 1 aromatic heterocycles. The minimum absolute atomic E-state index is 0.0909. The molecule has 0 amide bonds. The smallest absolute Gasteiger partial charge is 0.284 e. The van der Waals surface area contributed by atoms with Crippen LogP contribution >= 0.6 is 12.2 Å². The second kappa shape index (κ2) is 5.30. The lowest BCUT2D eigenvalue weighted by atomic mass is 10.2. The lowest BCUT2D eigenvalue weighted by Crippen LogP contribution is -2.30. The number of aryl methyl sites for hydroxylation is 1. The van der Waals surface area contributed by atoms with Crippen molar-refractivity contribution in [3.63, 3.8) is 0 Å². The van der Waals surface area contributed by atoms with Gasteiger partial charge in [-0.1, -0.05) is 36.5 Å². The summed E-state index contributed by atoms with van der Waals surface area (Å²) in [5, 5.41) is 0.926. The largest absolute Gasteiger partial charge is 0.334 e. The second-order valence-electron chi connectivity index (χ2n) is 5.02. The van der Waals surface area contributed by atoms with Gasteiger partial charge in [0.05, 0.1) is 11.2 Å². The average Bonchev–Trinajstić information content (AvgIpc) is 2.48. The number of nitrogens with zero attached hydrogens (tertiary/aromatic N) is 2. The molecule has 0 aliphatic heterocycles. The van der Waals surface area contributed by atoms with Crippen molar-refractivity contribution in [2.24, 2.45) is 0 Å². The Balaban J connectivity index is 2.53. The van der Waals surface area contributed by atoms with Crippen LogP contribution in [-0.4, -0.2) is 9.13 Å². The van der Waals surface area contributed by atoms with Crippen LogP contribution in [0, 0.1) is 11.6 Å². The molecule has 0 aliphatic carbocycles. The predicted molar refractivity (Wildman–Crippen MR) is 88.8 cm³/mol. The van der Waals surface area contributed by atoms with E-state index in [0.29, 0.717) is 11.2 Å². The fourth-order valence-corrected chi connectivity index (χ4v) is 2.98. The van der Waals surface area contributed by atoms with E-state index in [4.69, 9.17) is 12.2 Å². The summed E-state index contributed by atoms with van der Waals surface area (Å²) in [5.74, 6) is 0. The van der Waals surface area contributed by atoms with E-state index in [1.54, 1.807) is 9.13 Å². The lowest BCUT2D eigenvalue weighted by molar-refractivity contribution is 0.675. The molecule has 0 saturated carbocycles. The number of fused-ring (bicyclic) bond motifs is 1. The number of hydrogen-bond acceptors (Lipinski definition) is 2. The van der Waals surface area contributed by atoms with Crippen LogP contribution < -0.4 is 5.69 Å². The number of aromatic nitrogens is 2. The van der Waals surface area contributed by atoms with E-state index in [1.807, 2.05) is 62.4 Å². The molecule has 0 atom stereocenters. The Hall–Kier alpha value is -2.20. The van der Waals surface area contributed by atoms with Crippen molar-refractivity contribution in [1.29, 1.82) is 0 Å². The molecular formula is C17H16N2OS. The number of rotatable bonds is 2. The van der Waals surface area contributed by atoms with E-state index in [9.17, 15) is 4.79 Å².